The lowest BCUT2D eigenvalue weighted by atomic mass is 10.1. The lowest BCUT2D eigenvalue weighted by molar-refractivity contribution is 0.0796. The predicted molar refractivity (Wildman–Crippen MR) is 63.9 cm³/mol. The Bertz CT molecular complexity index is 315. The van der Waals surface area contributed by atoms with Gasteiger partial charge in [-0.05, 0) is 38.5 Å². The summed E-state index contributed by atoms with van der Waals surface area (Å²) in [5, 5.41) is 3.29. The van der Waals surface area contributed by atoms with Crippen molar-refractivity contribution in [3.63, 3.8) is 0 Å². The molecule has 0 fully saturated rings. The van der Waals surface area contributed by atoms with E-state index in [4.69, 9.17) is 4.74 Å². The fraction of sp³-hybridized carbons (Fsp3) is 0.538. The van der Waals surface area contributed by atoms with Crippen LogP contribution >= 0.6 is 0 Å². The average molecular weight is 225 g/mol. The van der Waals surface area contributed by atoms with Gasteiger partial charge in [-0.15, -0.1) is 0 Å². The Morgan fingerprint density at radius 2 is 2.06 bits per heavy atom. The maximum Gasteiger partial charge on any atom is 0.123 e. The van der Waals surface area contributed by atoms with Gasteiger partial charge >= 0.3 is 0 Å². The van der Waals surface area contributed by atoms with Crippen LogP contribution in [-0.2, 0) is 4.74 Å². The smallest absolute Gasteiger partial charge is 0.123 e. The Morgan fingerprint density at radius 1 is 1.31 bits per heavy atom. The third-order valence-electron chi connectivity index (χ3n) is 2.35. The molecule has 0 amide bonds. The number of hydrogen-bond donors (Lipinski definition) is 1. The van der Waals surface area contributed by atoms with E-state index in [1.807, 2.05) is 26.8 Å². The van der Waals surface area contributed by atoms with Crippen LogP contribution in [0.3, 0.4) is 0 Å². The molecule has 0 heterocycles. The number of nitrogens with one attached hydrogen (secondary N) is 1. The topological polar surface area (TPSA) is 21.3 Å². The molecule has 0 saturated heterocycles. The van der Waals surface area contributed by atoms with Gasteiger partial charge < -0.3 is 10.1 Å². The van der Waals surface area contributed by atoms with Gasteiger partial charge in [-0.3, -0.25) is 0 Å². The molecule has 0 radical (unpaired) electrons. The second kappa shape index (κ2) is 6.61. The first-order chi connectivity index (χ1) is 7.59. The van der Waals surface area contributed by atoms with Gasteiger partial charge in [-0.2, -0.15) is 0 Å². The molecule has 1 aromatic carbocycles. The molecular formula is C13H20FNO. The monoisotopic (exact) mass is 225 g/mol. The number of ether oxygens (including phenoxy) is 1. The second-order valence-electron chi connectivity index (χ2n) is 4.15. The maximum atomic E-state index is 13.0. The molecular weight excluding hydrogens is 205 g/mol. The number of rotatable bonds is 6. The van der Waals surface area contributed by atoms with Crippen molar-refractivity contribution in [1.82, 2.24) is 5.32 Å². The first-order valence-electron chi connectivity index (χ1n) is 5.70. The molecule has 1 atom stereocenters. The van der Waals surface area contributed by atoms with Gasteiger partial charge in [0.2, 0.25) is 0 Å². The van der Waals surface area contributed by atoms with Crippen molar-refractivity contribution in [2.75, 3.05) is 13.2 Å². The molecule has 16 heavy (non-hydrogen) atoms. The molecule has 0 aliphatic carbocycles. The number of hydrogen-bond acceptors (Lipinski definition) is 2. The van der Waals surface area contributed by atoms with Gasteiger partial charge in [-0.1, -0.05) is 12.1 Å². The van der Waals surface area contributed by atoms with E-state index in [1.54, 1.807) is 12.1 Å². The van der Waals surface area contributed by atoms with Gasteiger partial charge in [0.05, 0.1) is 12.7 Å². The SMILES string of the molecule is CC(C)OCCN[C@H](C)c1cccc(F)c1. The van der Waals surface area contributed by atoms with Crippen LogP contribution in [0.15, 0.2) is 24.3 Å². The largest absolute Gasteiger partial charge is 0.377 e. The van der Waals surface area contributed by atoms with E-state index in [0.29, 0.717) is 6.61 Å². The molecule has 3 heteroatoms. The van der Waals surface area contributed by atoms with Crippen LogP contribution in [0, 0.1) is 5.82 Å². The van der Waals surface area contributed by atoms with Crippen LogP contribution in [0.4, 0.5) is 4.39 Å². The normalized spacial score (nSPS) is 13.1. The van der Waals surface area contributed by atoms with Crippen LogP contribution in [-0.4, -0.2) is 19.3 Å². The van der Waals surface area contributed by atoms with E-state index in [-0.39, 0.29) is 18.0 Å². The molecule has 0 bridgehead atoms. The van der Waals surface area contributed by atoms with E-state index >= 15 is 0 Å². The van der Waals surface area contributed by atoms with E-state index in [2.05, 4.69) is 5.32 Å². The van der Waals surface area contributed by atoms with Crippen LogP contribution in [0.2, 0.25) is 0 Å². The minimum atomic E-state index is -0.190. The van der Waals surface area contributed by atoms with Gasteiger partial charge in [0.25, 0.3) is 0 Å². The molecule has 0 aromatic heterocycles. The fourth-order valence-corrected chi connectivity index (χ4v) is 1.46. The zero-order valence-corrected chi connectivity index (χ0v) is 10.2. The molecule has 0 aliphatic rings. The highest BCUT2D eigenvalue weighted by Gasteiger charge is 2.05. The van der Waals surface area contributed by atoms with Crippen molar-refractivity contribution in [2.24, 2.45) is 0 Å². The predicted octanol–water partition coefficient (Wildman–Crippen LogP) is 2.90. The first-order valence-corrected chi connectivity index (χ1v) is 5.70. The van der Waals surface area contributed by atoms with Gasteiger partial charge in [0, 0.05) is 12.6 Å². The highest BCUT2D eigenvalue weighted by Crippen LogP contribution is 2.12. The van der Waals surface area contributed by atoms with Gasteiger partial charge in [0.15, 0.2) is 0 Å². The summed E-state index contributed by atoms with van der Waals surface area (Å²) in [4.78, 5) is 0. The first kappa shape index (κ1) is 13.1. The van der Waals surface area contributed by atoms with E-state index in [1.165, 1.54) is 6.07 Å². The van der Waals surface area contributed by atoms with Crippen LogP contribution in [0.5, 0.6) is 0 Å². The third kappa shape index (κ3) is 4.73. The van der Waals surface area contributed by atoms with Crippen molar-refractivity contribution in [1.29, 1.82) is 0 Å². The summed E-state index contributed by atoms with van der Waals surface area (Å²) in [5.41, 5.74) is 0.963. The Labute approximate surface area is 96.8 Å². The minimum Gasteiger partial charge on any atom is -0.377 e. The van der Waals surface area contributed by atoms with Crippen molar-refractivity contribution < 1.29 is 9.13 Å². The average Bonchev–Trinajstić information content (AvgIpc) is 2.24. The summed E-state index contributed by atoms with van der Waals surface area (Å²) in [7, 11) is 0. The quantitative estimate of drug-likeness (QED) is 0.752. The molecule has 0 aliphatic heterocycles. The summed E-state index contributed by atoms with van der Waals surface area (Å²) in [6, 6.07) is 6.81. The van der Waals surface area contributed by atoms with Crippen molar-refractivity contribution >= 4 is 0 Å². The molecule has 0 spiro atoms. The van der Waals surface area contributed by atoms with E-state index in [0.717, 1.165) is 12.1 Å². The molecule has 1 rings (SSSR count). The summed E-state index contributed by atoms with van der Waals surface area (Å²) < 4.78 is 18.4. The third-order valence-corrected chi connectivity index (χ3v) is 2.35. The summed E-state index contributed by atoms with van der Waals surface area (Å²) in [6.45, 7) is 7.49. The van der Waals surface area contributed by atoms with Crippen LogP contribution < -0.4 is 5.32 Å². The standard InChI is InChI=1S/C13H20FNO/c1-10(2)16-8-7-15-11(3)12-5-4-6-13(14)9-12/h4-6,9-11,15H,7-8H2,1-3H3/t11-/m1/s1. The van der Waals surface area contributed by atoms with E-state index in [9.17, 15) is 4.39 Å². The molecule has 0 saturated carbocycles. The molecule has 0 unspecified atom stereocenters. The summed E-state index contributed by atoms with van der Waals surface area (Å²) in [6.07, 6.45) is 0.256. The molecule has 1 N–H and O–H groups in total. The second-order valence-corrected chi connectivity index (χ2v) is 4.15. The fourth-order valence-electron chi connectivity index (χ4n) is 1.46. The Kier molecular flexibility index (Phi) is 5.43. The highest BCUT2D eigenvalue weighted by molar-refractivity contribution is 5.19. The zero-order chi connectivity index (χ0) is 12.0. The van der Waals surface area contributed by atoms with Crippen LogP contribution in [0.25, 0.3) is 0 Å². The van der Waals surface area contributed by atoms with Crippen molar-refractivity contribution in [3.8, 4) is 0 Å². The molecule has 2 nitrogen and oxygen atoms in total. The van der Waals surface area contributed by atoms with Crippen molar-refractivity contribution in [2.45, 2.75) is 32.9 Å². The van der Waals surface area contributed by atoms with Gasteiger partial charge in [-0.25, -0.2) is 4.39 Å². The summed E-state index contributed by atoms with van der Waals surface area (Å²) >= 11 is 0. The molecule has 90 valence electrons. The zero-order valence-electron chi connectivity index (χ0n) is 10.2. The van der Waals surface area contributed by atoms with Gasteiger partial charge in [0.1, 0.15) is 5.82 Å². The minimum absolute atomic E-state index is 0.145. The lowest BCUT2D eigenvalue weighted by Gasteiger charge is -2.15. The highest BCUT2D eigenvalue weighted by atomic mass is 19.1. The Balaban J connectivity index is 2.32. The van der Waals surface area contributed by atoms with Crippen molar-refractivity contribution in [3.05, 3.63) is 35.6 Å². The Hall–Kier alpha value is -0.930. The Morgan fingerprint density at radius 3 is 2.69 bits per heavy atom. The number of halogens is 1. The maximum absolute atomic E-state index is 13.0. The number of benzene rings is 1. The van der Waals surface area contributed by atoms with E-state index < -0.39 is 0 Å². The summed E-state index contributed by atoms with van der Waals surface area (Å²) in [5.74, 6) is -0.190. The van der Waals surface area contributed by atoms with Crippen LogP contribution in [0.1, 0.15) is 32.4 Å². The molecule has 1 aromatic rings. The lowest BCUT2D eigenvalue weighted by Crippen LogP contribution is -2.24.